The number of hydrogen-bond acceptors (Lipinski definition) is 5. The Labute approximate surface area is 253 Å². The molecule has 0 aliphatic heterocycles. The summed E-state index contributed by atoms with van der Waals surface area (Å²) in [6.45, 7) is 17.5. The lowest BCUT2D eigenvalue weighted by molar-refractivity contribution is -0.213. The van der Waals surface area contributed by atoms with Crippen LogP contribution >= 0.6 is 0 Å². The number of hydrogen-bond donors (Lipinski definition) is 1. The molecule has 0 heterocycles. The maximum atomic E-state index is 13.5. The maximum absolute atomic E-state index is 13.5. The van der Waals surface area contributed by atoms with Gasteiger partial charge in [0.2, 0.25) is 5.91 Å². The summed E-state index contributed by atoms with van der Waals surface area (Å²) in [5, 5.41) is 2.95. The van der Waals surface area contributed by atoms with Crippen molar-refractivity contribution in [3.63, 3.8) is 0 Å². The summed E-state index contributed by atoms with van der Waals surface area (Å²) in [6.07, 6.45) is 9.22. The molecule has 0 saturated heterocycles. The molecule has 1 N–H and O–H groups in total. The SMILES string of the molecule is CNC(=O)C12CCC3C(CCC4[C@@]3(C)CCC3C(C)(C)[C@@H](OC(=O)CC(C)(C)C=O)CC[C@@]34C)C1=C(C(C)C)C(=O)C2. The first-order valence-electron chi connectivity index (χ1n) is 16.6. The van der Waals surface area contributed by atoms with E-state index in [2.05, 4.69) is 46.9 Å². The van der Waals surface area contributed by atoms with E-state index >= 15 is 0 Å². The highest BCUT2D eigenvalue weighted by Crippen LogP contribution is 2.73. The summed E-state index contributed by atoms with van der Waals surface area (Å²) in [4.78, 5) is 51.3. The Morgan fingerprint density at radius 1 is 0.976 bits per heavy atom. The second-order valence-electron chi connectivity index (χ2n) is 16.8. The van der Waals surface area contributed by atoms with Crippen LogP contribution in [0.5, 0.6) is 0 Å². The highest BCUT2D eigenvalue weighted by molar-refractivity contribution is 6.06. The van der Waals surface area contributed by atoms with Crippen LogP contribution in [-0.2, 0) is 23.9 Å². The number of aldehydes is 1. The number of ether oxygens (including phenoxy) is 1. The quantitative estimate of drug-likeness (QED) is 0.274. The van der Waals surface area contributed by atoms with Crippen LogP contribution in [0, 0.1) is 56.7 Å². The van der Waals surface area contributed by atoms with Gasteiger partial charge in [0.25, 0.3) is 0 Å². The van der Waals surface area contributed by atoms with Crippen LogP contribution < -0.4 is 5.32 Å². The van der Waals surface area contributed by atoms with Crippen LogP contribution in [0.25, 0.3) is 0 Å². The molecule has 0 aromatic carbocycles. The predicted molar refractivity (Wildman–Crippen MR) is 163 cm³/mol. The van der Waals surface area contributed by atoms with E-state index in [-0.39, 0.29) is 52.3 Å². The highest BCUT2D eigenvalue weighted by atomic mass is 16.5. The molecule has 6 heteroatoms. The smallest absolute Gasteiger partial charge is 0.307 e. The van der Waals surface area contributed by atoms with Crippen LogP contribution in [0.2, 0.25) is 0 Å². The highest BCUT2D eigenvalue weighted by Gasteiger charge is 2.67. The molecule has 5 aliphatic carbocycles. The standard InChI is InChI=1S/C36H55NO5/c1-21(2)29-24(39)18-36(31(41)37-9)17-12-23-22(30(29)36)10-11-26-34(23,7)15-13-25-33(5,6)27(14-16-35(25,26)8)42-28(40)19-32(3,4)20-38/h20-23,25-27H,10-19H2,1-9H3,(H,37,41)/t22?,23?,25?,26?,27-,34-,35-,36?/m0/s1. The number of ketones is 1. The first-order chi connectivity index (χ1) is 19.5. The van der Waals surface area contributed by atoms with Gasteiger partial charge in [-0.1, -0.05) is 55.4 Å². The van der Waals surface area contributed by atoms with Crippen LogP contribution in [0.15, 0.2) is 11.1 Å². The monoisotopic (exact) mass is 581 g/mol. The Kier molecular flexibility index (Phi) is 7.71. The Hall–Kier alpha value is -1.98. The average Bonchev–Trinajstić information content (AvgIpc) is 3.22. The fraction of sp³-hybridized carbons (Fsp3) is 0.833. The zero-order valence-electron chi connectivity index (χ0n) is 27.7. The Morgan fingerprint density at radius 2 is 1.64 bits per heavy atom. The van der Waals surface area contributed by atoms with Gasteiger partial charge < -0.3 is 14.8 Å². The molecule has 0 aromatic heterocycles. The predicted octanol–water partition coefficient (Wildman–Crippen LogP) is 6.85. The third-order valence-corrected chi connectivity index (χ3v) is 13.4. The molecule has 4 saturated carbocycles. The Balaban J connectivity index is 1.44. The second kappa shape index (κ2) is 10.3. The molecule has 42 heavy (non-hydrogen) atoms. The number of esters is 1. The van der Waals surface area contributed by atoms with E-state index < -0.39 is 10.8 Å². The van der Waals surface area contributed by atoms with Gasteiger partial charge in [-0.3, -0.25) is 14.4 Å². The summed E-state index contributed by atoms with van der Waals surface area (Å²) in [6, 6.07) is 0. The van der Waals surface area contributed by atoms with Gasteiger partial charge in [0.15, 0.2) is 5.78 Å². The number of nitrogens with one attached hydrogen (secondary N) is 1. The van der Waals surface area contributed by atoms with Crippen LogP contribution in [0.3, 0.4) is 0 Å². The average molecular weight is 582 g/mol. The minimum Gasteiger partial charge on any atom is -0.462 e. The molecular weight excluding hydrogens is 526 g/mol. The molecule has 8 atom stereocenters. The van der Waals surface area contributed by atoms with Crippen molar-refractivity contribution >= 4 is 23.9 Å². The molecule has 0 spiro atoms. The minimum atomic E-state index is -0.708. The van der Waals surface area contributed by atoms with Gasteiger partial charge in [0.1, 0.15) is 12.4 Å². The fourth-order valence-corrected chi connectivity index (χ4v) is 11.6. The number of amides is 1. The van der Waals surface area contributed by atoms with Gasteiger partial charge in [0, 0.05) is 24.3 Å². The number of rotatable bonds is 6. The fourth-order valence-electron chi connectivity index (χ4n) is 11.6. The zero-order valence-corrected chi connectivity index (χ0v) is 27.7. The number of Topliss-reactive ketones (excluding diaryl/α,β-unsaturated/α-hetero) is 1. The van der Waals surface area contributed by atoms with E-state index in [9.17, 15) is 19.2 Å². The number of carbonyl (C=O) groups is 4. The van der Waals surface area contributed by atoms with Crippen molar-refractivity contribution in [1.82, 2.24) is 5.32 Å². The van der Waals surface area contributed by atoms with Gasteiger partial charge >= 0.3 is 5.97 Å². The van der Waals surface area contributed by atoms with Crippen molar-refractivity contribution < 1.29 is 23.9 Å². The molecule has 5 aliphatic rings. The summed E-state index contributed by atoms with van der Waals surface area (Å²) in [5.41, 5.74) is 0.938. The summed E-state index contributed by atoms with van der Waals surface area (Å²) < 4.78 is 6.15. The van der Waals surface area contributed by atoms with Crippen molar-refractivity contribution in [3.8, 4) is 0 Å². The number of fused-ring (bicyclic) bond motifs is 7. The van der Waals surface area contributed by atoms with E-state index in [4.69, 9.17) is 4.74 Å². The number of allylic oxidation sites excluding steroid dienone is 1. The maximum Gasteiger partial charge on any atom is 0.307 e. The molecule has 1 amide bonds. The summed E-state index contributed by atoms with van der Waals surface area (Å²) in [7, 11) is 1.72. The van der Waals surface area contributed by atoms with Crippen molar-refractivity contribution in [2.75, 3.05) is 7.05 Å². The molecule has 5 unspecified atom stereocenters. The molecular formula is C36H55NO5. The van der Waals surface area contributed by atoms with Crippen molar-refractivity contribution in [2.45, 2.75) is 126 Å². The lowest BCUT2D eigenvalue weighted by Crippen LogP contribution is -2.63. The lowest BCUT2D eigenvalue weighted by Gasteiger charge is -2.68. The van der Waals surface area contributed by atoms with Crippen LogP contribution in [-0.4, -0.2) is 37.1 Å². The molecule has 4 fully saturated rings. The third kappa shape index (κ3) is 4.47. The largest absolute Gasteiger partial charge is 0.462 e. The molecule has 5 rings (SSSR count). The topological polar surface area (TPSA) is 89.5 Å². The van der Waals surface area contributed by atoms with E-state index in [1.807, 2.05) is 0 Å². The normalized spacial score (nSPS) is 40.9. The second-order valence-corrected chi connectivity index (χ2v) is 16.8. The van der Waals surface area contributed by atoms with Crippen LogP contribution in [0.1, 0.15) is 120 Å². The molecule has 0 aromatic rings. The van der Waals surface area contributed by atoms with Gasteiger partial charge in [-0.25, -0.2) is 0 Å². The van der Waals surface area contributed by atoms with Gasteiger partial charge in [-0.15, -0.1) is 0 Å². The summed E-state index contributed by atoms with van der Waals surface area (Å²) >= 11 is 0. The molecule has 6 nitrogen and oxygen atoms in total. The first-order valence-corrected chi connectivity index (χ1v) is 16.6. The van der Waals surface area contributed by atoms with Crippen molar-refractivity contribution in [1.29, 1.82) is 0 Å². The van der Waals surface area contributed by atoms with Gasteiger partial charge in [-0.05, 0) is 103 Å². The van der Waals surface area contributed by atoms with E-state index in [0.29, 0.717) is 30.1 Å². The Bertz CT molecular complexity index is 1200. The Morgan fingerprint density at radius 3 is 2.26 bits per heavy atom. The van der Waals surface area contributed by atoms with Gasteiger partial charge in [0.05, 0.1) is 11.8 Å². The lowest BCUT2D eigenvalue weighted by atomic mass is 9.36. The van der Waals surface area contributed by atoms with Crippen LogP contribution in [0.4, 0.5) is 0 Å². The zero-order chi connectivity index (χ0) is 31.0. The third-order valence-electron chi connectivity index (χ3n) is 13.4. The minimum absolute atomic E-state index is 0.0362. The first kappa shape index (κ1) is 31.4. The van der Waals surface area contributed by atoms with E-state index in [1.54, 1.807) is 20.9 Å². The van der Waals surface area contributed by atoms with Gasteiger partial charge in [-0.2, -0.15) is 0 Å². The van der Waals surface area contributed by atoms with Crippen molar-refractivity contribution in [2.24, 2.45) is 56.7 Å². The molecule has 0 bridgehead atoms. The van der Waals surface area contributed by atoms with E-state index in [1.165, 1.54) is 5.57 Å². The summed E-state index contributed by atoms with van der Waals surface area (Å²) in [5.74, 6) is 1.87. The molecule has 234 valence electrons. The number of carbonyl (C=O) groups excluding carboxylic acids is 4. The molecule has 0 radical (unpaired) electrons. The van der Waals surface area contributed by atoms with Crippen molar-refractivity contribution in [3.05, 3.63) is 11.1 Å². The van der Waals surface area contributed by atoms with E-state index in [0.717, 1.165) is 63.2 Å².